The van der Waals surface area contributed by atoms with Crippen molar-refractivity contribution >= 4 is 27.9 Å². The predicted octanol–water partition coefficient (Wildman–Crippen LogP) is 0.0339. The predicted molar refractivity (Wildman–Crippen MR) is 30.4 cm³/mol. The average Bonchev–Trinajstić information content (AvgIpc) is 1.75. The minimum atomic E-state index is -1.83. The third-order valence-electron chi connectivity index (χ3n) is 0. The average molecular weight is 133 g/mol. The number of hydrogen-bond donors (Lipinski definition) is 3. The van der Waals surface area contributed by atoms with Gasteiger partial charge in [-0.1, -0.05) is 0 Å². The first-order valence-corrected chi connectivity index (χ1v) is 3.22. The van der Waals surface area contributed by atoms with Crippen LogP contribution in [0.2, 0.25) is 5.05 Å². The fraction of sp³-hybridized carbons (Fsp3) is 0.667. The van der Waals surface area contributed by atoms with E-state index < -0.39 is 6.16 Å². The summed E-state index contributed by atoms with van der Waals surface area (Å²) >= 11 is 1.86. The number of aliphatic hydroxyl groups excluding tert-OH is 1. The Morgan fingerprint density at radius 2 is 1.25 bits per heavy atom. The van der Waals surface area contributed by atoms with Gasteiger partial charge in [-0.2, -0.15) is 0 Å². The molecule has 0 atom stereocenters. The summed E-state index contributed by atoms with van der Waals surface area (Å²) in [5, 5.41) is 23.0. The summed E-state index contributed by atoms with van der Waals surface area (Å²) in [5.41, 5.74) is 0. The lowest BCUT2D eigenvalue weighted by Gasteiger charge is -1.60. The molecule has 0 fully saturated rings. The minimum absolute atomic E-state index is 1.00. The van der Waals surface area contributed by atoms with Crippen LogP contribution >= 0.6 is 0 Å². The van der Waals surface area contributed by atoms with Gasteiger partial charge in [0.25, 0.3) is 5.05 Å². The molecule has 0 aromatic rings. The van der Waals surface area contributed by atoms with Crippen LogP contribution in [0, 0.1) is 0 Å². The summed E-state index contributed by atoms with van der Waals surface area (Å²) in [6.45, 7) is 0. The van der Waals surface area contributed by atoms with Crippen molar-refractivity contribution in [3.8, 4) is 0 Å². The van der Waals surface area contributed by atoms with Crippen LogP contribution in [0.4, 0.5) is 4.79 Å². The lowest BCUT2D eigenvalue weighted by atomic mass is 11.5. The first-order chi connectivity index (χ1) is 3.73. The second-order valence-corrected chi connectivity index (χ2v) is 0.283. The van der Waals surface area contributed by atoms with Gasteiger partial charge in [-0.3, -0.25) is 0 Å². The van der Waals surface area contributed by atoms with Crippen LogP contribution in [-0.2, 0) is 0 Å². The van der Waals surface area contributed by atoms with E-state index in [1.165, 1.54) is 0 Å². The molecule has 0 saturated carbocycles. The molecule has 45 valence electrons. The molecule has 0 rings (SSSR count). The van der Waals surface area contributed by atoms with E-state index in [4.69, 9.17) is 20.1 Å². The molecule has 8 heavy (non-hydrogen) atoms. The molecule has 0 aliphatic rings. The number of aliphatic hydroxyl groups is 1. The van der Waals surface area contributed by atoms with E-state index in [1.54, 1.807) is 0 Å². The van der Waals surface area contributed by atoms with E-state index in [9.17, 15) is 0 Å². The van der Waals surface area contributed by atoms with Crippen molar-refractivity contribution in [1.82, 2.24) is 0 Å². The first-order valence-electron chi connectivity index (χ1n) is 1.81. The Bertz CT molecular complexity index is 34.3. The van der Waals surface area contributed by atoms with Gasteiger partial charge in [0, 0.05) is 7.11 Å². The molecule has 7 radical (unpaired) electrons. The second-order valence-electron chi connectivity index (χ2n) is 0.283. The maximum absolute atomic E-state index is 8.56. The molecular weight excluding hydrogens is 124 g/mol. The zero-order valence-electron chi connectivity index (χ0n) is 4.96. The normalized spacial score (nSPS) is 4.50. The quantitative estimate of drug-likeness (QED) is 0.408. The molecule has 0 spiro atoms. The fourth-order valence-electron chi connectivity index (χ4n) is 0. The largest absolute Gasteiger partial charge is 1.41 e. The van der Waals surface area contributed by atoms with Crippen molar-refractivity contribution in [3.05, 3.63) is 0 Å². The van der Waals surface area contributed by atoms with E-state index in [2.05, 4.69) is 0 Å². The van der Waals surface area contributed by atoms with Crippen LogP contribution in [0.25, 0.3) is 0 Å². The van der Waals surface area contributed by atoms with Crippen LogP contribution in [0.5, 0.6) is 0 Å². The number of carboxylic acid groups (broad SMARTS) is 2. The Labute approximate surface area is 60.6 Å². The van der Waals surface area contributed by atoms with Crippen molar-refractivity contribution in [3.63, 3.8) is 0 Å². The molecular formula is C3H9MgO4+2. The van der Waals surface area contributed by atoms with Gasteiger partial charge in [0.1, 0.15) is 0 Å². The Balaban J connectivity index is -0.0000000542. The summed E-state index contributed by atoms with van der Waals surface area (Å²) in [5.74, 6) is 0. The van der Waals surface area contributed by atoms with E-state index in [0.29, 0.717) is 0 Å². The number of rotatable bonds is 0. The van der Waals surface area contributed by atoms with Gasteiger partial charge in [0.15, 0.2) is 0 Å². The van der Waals surface area contributed by atoms with Crippen molar-refractivity contribution < 1.29 is 20.1 Å². The van der Waals surface area contributed by atoms with Gasteiger partial charge in [0.2, 0.25) is 0 Å². The SMILES string of the molecule is CO.O=C(O)O.[CH3][Mg+2]. The molecule has 0 amide bonds. The van der Waals surface area contributed by atoms with Gasteiger partial charge in [-0.15, -0.1) is 0 Å². The maximum Gasteiger partial charge on any atom is 1.41 e. The lowest BCUT2D eigenvalue weighted by Crippen LogP contribution is -1.81. The Kier molecular flexibility index (Phi) is 54.9. The molecule has 0 bridgehead atoms. The number of hydrogen-bond acceptors (Lipinski definition) is 2. The topological polar surface area (TPSA) is 77.8 Å². The molecule has 0 heterocycles. The van der Waals surface area contributed by atoms with Crippen molar-refractivity contribution in [2.45, 2.75) is 5.05 Å². The molecule has 5 heteroatoms. The zero-order chi connectivity index (χ0) is 7.58. The second kappa shape index (κ2) is 28.0. The van der Waals surface area contributed by atoms with Crippen LogP contribution in [0.15, 0.2) is 0 Å². The van der Waals surface area contributed by atoms with E-state index >= 15 is 0 Å². The summed E-state index contributed by atoms with van der Waals surface area (Å²) in [4.78, 5) is 8.56. The zero-order valence-corrected chi connectivity index (χ0v) is 6.37. The number of carbonyl (C=O) groups is 1. The van der Waals surface area contributed by atoms with Crippen LogP contribution in [-0.4, -0.2) is 50.3 Å². The molecule has 0 saturated heterocycles. The minimum Gasteiger partial charge on any atom is -0.450 e. The molecule has 0 aliphatic heterocycles. The highest BCUT2D eigenvalue weighted by molar-refractivity contribution is 6.05. The third kappa shape index (κ3) is 10600000. The summed E-state index contributed by atoms with van der Waals surface area (Å²) < 4.78 is 0. The lowest BCUT2D eigenvalue weighted by molar-refractivity contribution is 0.137. The van der Waals surface area contributed by atoms with Gasteiger partial charge in [0.05, 0.1) is 0 Å². The monoisotopic (exact) mass is 133 g/mol. The summed E-state index contributed by atoms with van der Waals surface area (Å²) in [6.07, 6.45) is -1.83. The summed E-state index contributed by atoms with van der Waals surface area (Å²) in [6, 6.07) is 0. The molecule has 0 aliphatic carbocycles. The van der Waals surface area contributed by atoms with Crippen molar-refractivity contribution in [2.24, 2.45) is 0 Å². The maximum atomic E-state index is 8.56. The van der Waals surface area contributed by atoms with Gasteiger partial charge >= 0.3 is 27.9 Å². The van der Waals surface area contributed by atoms with Crippen LogP contribution in [0.3, 0.4) is 0 Å². The highest BCUT2D eigenvalue weighted by atomic mass is 24.4. The van der Waals surface area contributed by atoms with Gasteiger partial charge < -0.3 is 15.3 Å². The van der Waals surface area contributed by atoms with Crippen LogP contribution in [0.1, 0.15) is 0 Å². The van der Waals surface area contributed by atoms with Crippen molar-refractivity contribution in [2.75, 3.05) is 7.11 Å². The summed E-state index contributed by atoms with van der Waals surface area (Å²) in [7, 11) is 1.00. The van der Waals surface area contributed by atoms with Crippen LogP contribution < -0.4 is 0 Å². The molecule has 0 unspecified atom stereocenters. The molecule has 4 nitrogen and oxygen atoms in total. The molecule has 3 N–H and O–H groups in total. The van der Waals surface area contributed by atoms with E-state index in [0.717, 1.165) is 7.11 Å². The standard InChI is InChI=1S/CH2O3.CH4O.CH3.Mg/c2-1(3)4;1-2;;/h(H2,2,3,4);2H,1H3;1H3;/q;;;+2. The molecule has 0 aromatic carbocycles. The molecule has 0 aromatic heterocycles. The Hall–Kier alpha value is -0.00377. The smallest absolute Gasteiger partial charge is 0.450 e. The Morgan fingerprint density at radius 3 is 1.25 bits per heavy atom. The van der Waals surface area contributed by atoms with E-state index in [1.807, 2.05) is 26.8 Å². The van der Waals surface area contributed by atoms with Crippen molar-refractivity contribution in [1.29, 1.82) is 0 Å². The third-order valence-corrected chi connectivity index (χ3v) is 0. The Morgan fingerprint density at radius 1 is 1.25 bits per heavy atom. The first kappa shape index (κ1) is 15.7. The highest BCUT2D eigenvalue weighted by Crippen LogP contribution is 1.42. The van der Waals surface area contributed by atoms with Gasteiger partial charge in [-0.25, -0.2) is 4.79 Å². The fourth-order valence-corrected chi connectivity index (χ4v) is 0. The highest BCUT2D eigenvalue weighted by Gasteiger charge is 1.99. The van der Waals surface area contributed by atoms with Gasteiger partial charge in [-0.05, 0) is 0 Å². The van der Waals surface area contributed by atoms with E-state index in [-0.39, 0.29) is 0 Å².